The largest absolute Gasteiger partial charge is 0.250 e. The van der Waals surface area contributed by atoms with Crippen molar-refractivity contribution in [1.29, 1.82) is 0 Å². The summed E-state index contributed by atoms with van der Waals surface area (Å²) < 4.78 is 0. The molecule has 0 saturated carbocycles. The van der Waals surface area contributed by atoms with Crippen LogP contribution < -0.4 is 0 Å². The summed E-state index contributed by atoms with van der Waals surface area (Å²) in [5.41, 5.74) is 3.55. The Balaban J connectivity index is 2.56. The van der Waals surface area contributed by atoms with E-state index in [0.29, 0.717) is 5.41 Å². The van der Waals surface area contributed by atoms with Gasteiger partial charge in [-0.2, -0.15) is 0 Å². The number of aromatic nitrogens is 1. The van der Waals surface area contributed by atoms with E-state index in [1.54, 1.807) is 11.3 Å². The Hall–Kier alpha value is -0.370. The summed E-state index contributed by atoms with van der Waals surface area (Å²) in [7, 11) is 0. The fourth-order valence-corrected chi connectivity index (χ4v) is 1.50. The van der Waals surface area contributed by atoms with E-state index < -0.39 is 0 Å². The predicted molar refractivity (Wildman–Crippen MR) is 49.9 cm³/mol. The summed E-state index contributed by atoms with van der Waals surface area (Å²) in [5, 5.41) is 2.14. The minimum absolute atomic E-state index is 0.411. The van der Waals surface area contributed by atoms with Crippen LogP contribution in [0.2, 0.25) is 0 Å². The minimum Gasteiger partial charge on any atom is -0.250 e. The summed E-state index contributed by atoms with van der Waals surface area (Å²) in [6, 6.07) is 0. The number of rotatable bonds is 3. The topological polar surface area (TPSA) is 12.9 Å². The van der Waals surface area contributed by atoms with Crippen molar-refractivity contribution in [3.8, 4) is 0 Å². The molecule has 0 saturated heterocycles. The second-order valence-electron chi connectivity index (χ2n) is 3.67. The lowest BCUT2D eigenvalue weighted by Crippen LogP contribution is -2.13. The maximum atomic E-state index is 4.27. The molecule has 62 valence electrons. The number of hydrogen-bond acceptors (Lipinski definition) is 2. The van der Waals surface area contributed by atoms with E-state index in [0.717, 1.165) is 6.42 Å². The zero-order chi connectivity index (χ0) is 8.32. The van der Waals surface area contributed by atoms with Gasteiger partial charge in [0.2, 0.25) is 0 Å². The molecule has 0 aliphatic rings. The van der Waals surface area contributed by atoms with Gasteiger partial charge < -0.3 is 0 Å². The molecule has 1 nitrogen and oxygen atoms in total. The second kappa shape index (κ2) is 3.35. The molecule has 0 aliphatic carbocycles. The van der Waals surface area contributed by atoms with E-state index in [1.165, 1.54) is 12.1 Å². The highest BCUT2D eigenvalue weighted by Gasteiger charge is 2.16. The highest BCUT2D eigenvalue weighted by molar-refractivity contribution is 7.07. The standard InChI is InChI=1S/C9H15NS/c1-4-9(2,3)5-8-6-11-7-10-8/h6-7H,4-5H2,1-3H3. The van der Waals surface area contributed by atoms with Crippen LogP contribution in [0.15, 0.2) is 10.9 Å². The van der Waals surface area contributed by atoms with Gasteiger partial charge in [0, 0.05) is 5.38 Å². The highest BCUT2D eigenvalue weighted by Crippen LogP contribution is 2.24. The molecular formula is C9H15NS. The third-order valence-corrected chi connectivity index (χ3v) is 2.74. The SMILES string of the molecule is CCC(C)(C)Cc1cscn1. The predicted octanol–water partition coefficient (Wildman–Crippen LogP) is 3.12. The van der Waals surface area contributed by atoms with E-state index in [2.05, 4.69) is 31.1 Å². The van der Waals surface area contributed by atoms with E-state index in [-0.39, 0.29) is 0 Å². The average molecular weight is 169 g/mol. The Morgan fingerprint density at radius 1 is 1.55 bits per heavy atom. The third-order valence-electron chi connectivity index (χ3n) is 2.10. The molecule has 0 aromatic carbocycles. The first-order chi connectivity index (χ1) is 5.14. The van der Waals surface area contributed by atoms with Crippen LogP contribution in [-0.2, 0) is 6.42 Å². The monoisotopic (exact) mass is 169 g/mol. The van der Waals surface area contributed by atoms with Gasteiger partial charge in [0.15, 0.2) is 0 Å². The van der Waals surface area contributed by atoms with Crippen LogP contribution in [0.5, 0.6) is 0 Å². The summed E-state index contributed by atoms with van der Waals surface area (Å²) in [6.07, 6.45) is 2.32. The van der Waals surface area contributed by atoms with Crippen LogP contribution in [0, 0.1) is 5.41 Å². The number of thiazole rings is 1. The van der Waals surface area contributed by atoms with Crippen LogP contribution in [0.3, 0.4) is 0 Å². The van der Waals surface area contributed by atoms with Crippen molar-refractivity contribution in [2.45, 2.75) is 33.6 Å². The lowest BCUT2D eigenvalue weighted by Gasteiger charge is -2.20. The summed E-state index contributed by atoms with van der Waals surface area (Å²) in [5.74, 6) is 0. The minimum atomic E-state index is 0.411. The first kappa shape index (κ1) is 8.72. The van der Waals surface area contributed by atoms with Gasteiger partial charge in [-0.1, -0.05) is 27.2 Å². The van der Waals surface area contributed by atoms with Gasteiger partial charge in [-0.05, 0) is 11.8 Å². The van der Waals surface area contributed by atoms with Gasteiger partial charge in [0.25, 0.3) is 0 Å². The van der Waals surface area contributed by atoms with Crippen molar-refractivity contribution in [2.75, 3.05) is 0 Å². The smallest absolute Gasteiger partial charge is 0.0794 e. The van der Waals surface area contributed by atoms with Gasteiger partial charge >= 0.3 is 0 Å². The quantitative estimate of drug-likeness (QED) is 0.677. The Kier molecular flexibility index (Phi) is 2.66. The Bertz CT molecular complexity index is 201. The summed E-state index contributed by atoms with van der Waals surface area (Å²) in [6.45, 7) is 6.80. The number of nitrogens with zero attached hydrogens (tertiary/aromatic N) is 1. The van der Waals surface area contributed by atoms with Crippen LogP contribution in [0.4, 0.5) is 0 Å². The van der Waals surface area contributed by atoms with Gasteiger partial charge in [-0.3, -0.25) is 0 Å². The molecule has 2 heteroatoms. The zero-order valence-electron chi connectivity index (χ0n) is 7.42. The van der Waals surface area contributed by atoms with Gasteiger partial charge in [-0.25, -0.2) is 4.98 Å². The normalized spacial score (nSPS) is 11.9. The van der Waals surface area contributed by atoms with Crippen LogP contribution >= 0.6 is 11.3 Å². The molecule has 0 amide bonds. The van der Waals surface area contributed by atoms with Crippen LogP contribution in [0.25, 0.3) is 0 Å². The molecule has 1 aromatic rings. The zero-order valence-corrected chi connectivity index (χ0v) is 8.24. The van der Waals surface area contributed by atoms with Crippen molar-refractivity contribution in [2.24, 2.45) is 5.41 Å². The van der Waals surface area contributed by atoms with Crippen molar-refractivity contribution in [3.05, 3.63) is 16.6 Å². The third kappa shape index (κ3) is 2.62. The highest BCUT2D eigenvalue weighted by atomic mass is 32.1. The molecule has 0 unspecified atom stereocenters. The van der Waals surface area contributed by atoms with Crippen molar-refractivity contribution in [3.63, 3.8) is 0 Å². The van der Waals surface area contributed by atoms with Gasteiger partial charge in [-0.15, -0.1) is 11.3 Å². The molecule has 1 aromatic heterocycles. The Morgan fingerprint density at radius 3 is 2.73 bits per heavy atom. The van der Waals surface area contributed by atoms with E-state index in [1.807, 2.05) is 5.51 Å². The molecule has 0 atom stereocenters. The molecule has 0 fully saturated rings. The van der Waals surface area contributed by atoms with Crippen LogP contribution in [-0.4, -0.2) is 4.98 Å². The molecule has 11 heavy (non-hydrogen) atoms. The maximum Gasteiger partial charge on any atom is 0.0794 e. The maximum absolute atomic E-state index is 4.27. The molecular weight excluding hydrogens is 154 g/mol. The summed E-state index contributed by atoms with van der Waals surface area (Å²) >= 11 is 1.68. The average Bonchev–Trinajstić information content (AvgIpc) is 2.39. The second-order valence-corrected chi connectivity index (χ2v) is 4.39. The fraction of sp³-hybridized carbons (Fsp3) is 0.667. The van der Waals surface area contributed by atoms with E-state index >= 15 is 0 Å². The van der Waals surface area contributed by atoms with Crippen molar-refractivity contribution in [1.82, 2.24) is 4.98 Å². The van der Waals surface area contributed by atoms with Gasteiger partial charge in [0.05, 0.1) is 11.2 Å². The molecule has 0 radical (unpaired) electrons. The molecule has 0 N–H and O–H groups in total. The molecule has 0 aliphatic heterocycles. The van der Waals surface area contributed by atoms with E-state index in [4.69, 9.17) is 0 Å². The molecule has 1 rings (SSSR count). The van der Waals surface area contributed by atoms with Crippen molar-refractivity contribution < 1.29 is 0 Å². The number of hydrogen-bond donors (Lipinski definition) is 0. The van der Waals surface area contributed by atoms with E-state index in [9.17, 15) is 0 Å². The Labute approximate surface area is 72.5 Å². The lowest BCUT2D eigenvalue weighted by molar-refractivity contribution is 0.346. The van der Waals surface area contributed by atoms with Gasteiger partial charge in [0.1, 0.15) is 0 Å². The Morgan fingerprint density at radius 2 is 2.27 bits per heavy atom. The molecule has 0 bridgehead atoms. The molecule has 1 heterocycles. The first-order valence-electron chi connectivity index (χ1n) is 4.01. The lowest BCUT2D eigenvalue weighted by atomic mass is 9.85. The fourth-order valence-electron chi connectivity index (χ4n) is 0.940. The first-order valence-corrected chi connectivity index (χ1v) is 4.95. The van der Waals surface area contributed by atoms with Crippen LogP contribution in [0.1, 0.15) is 32.9 Å². The van der Waals surface area contributed by atoms with Crippen molar-refractivity contribution >= 4 is 11.3 Å². The summed E-state index contributed by atoms with van der Waals surface area (Å²) in [4.78, 5) is 4.27. The molecule has 0 spiro atoms.